The lowest BCUT2D eigenvalue weighted by atomic mass is 9.94. The van der Waals surface area contributed by atoms with Gasteiger partial charge >= 0.3 is 5.97 Å². The summed E-state index contributed by atoms with van der Waals surface area (Å²) < 4.78 is 0. The molecule has 2 N–H and O–H groups in total. The molecule has 0 aromatic carbocycles. The first-order valence-corrected chi connectivity index (χ1v) is 11.0. The minimum absolute atomic E-state index is 0. The van der Waals surface area contributed by atoms with Gasteiger partial charge in [-0.3, -0.25) is 4.79 Å². The second-order valence-corrected chi connectivity index (χ2v) is 8.48. The standard InChI is InChI=1S/C22H25N5O2S.2ClH/c1-2-15-6-9-23-20(12-15)26-19-5-3-4-17(25-19)18-14-24-22(30-18)27-10-7-16(8-11-27)13-21(28)29;;/h3-6,9,12,14,16H,2,7-8,10-11,13H2,1H3,(H,28,29)(H,23,25,26);2*1H. The summed E-state index contributed by atoms with van der Waals surface area (Å²) in [6.07, 6.45) is 6.68. The molecule has 0 radical (unpaired) electrons. The minimum atomic E-state index is -0.707. The molecule has 3 aromatic heterocycles. The third-order valence-electron chi connectivity index (χ3n) is 5.33. The van der Waals surface area contributed by atoms with Crippen LogP contribution in [0.15, 0.2) is 42.7 Å². The van der Waals surface area contributed by atoms with Gasteiger partial charge in [0.1, 0.15) is 11.6 Å². The zero-order chi connectivity index (χ0) is 20.9. The van der Waals surface area contributed by atoms with Crippen LogP contribution in [0.4, 0.5) is 16.8 Å². The number of halogens is 2. The number of anilines is 3. The van der Waals surface area contributed by atoms with Crippen LogP contribution in [-0.4, -0.2) is 39.1 Å². The van der Waals surface area contributed by atoms with Crippen LogP contribution in [0, 0.1) is 5.92 Å². The van der Waals surface area contributed by atoms with Crippen molar-refractivity contribution in [1.29, 1.82) is 0 Å². The Morgan fingerprint density at radius 1 is 1.19 bits per heavy atom. The molecule has 172 valence electrons. The molecule has 1 aliphatic heterocycles. The maximum Gasteiger partial charge on any atom is 0.303 e. The number of rotatable bonds is 7. The quantitative estimate of drug-likeness (QED) is 0.450. The van der Waals surface area contributed by atoms with Crippen molar-refractivity contribution < 1.29 is 9.90 Å². The van der Waals surface area contributed by atoms with Gasteiger partial charge in [0, 0.05) is 31.9 Å². The van der Waals surface area contributed by atoms with E-state index in [9.17, 15) is 4.79 Å². The first-order chi connectivity index (χ1) is 14.6. The Labute approximate surface area is 204 Å². The fourth-order valence-corrected chi connectivity index (χ4v) is 4.58. The Hall–Kier alpha value is -2.42. The number of carbonyl (C=O) groups is 1. The molecule has 0 unspecified atom stereocenters. The Morgan fingerprint density at radius 3 is 2.69 bits per heavy atom. The number of hydrogen-bond acceptors (Lipinski definition) is 7. The van der Waals surface area contributed by atoms with Crippen molar-refractivity contribution in [2.24, 2.45) is 5.92 Å². The largest absolute Gasteiger partial charge is 0.481 e. The summed E-state index contributed by atoms with van der Waals surface area (Å²) in [4.78, 5) is 27.9. The Bertz CT molecular complexity index is 1020. The van der Waals surface area contributed by atoms with Gasteiger partial charge in [-0.1, -0.05) is 24.3 Å². The van der Waals surface area contributed by atoms with Crippen LogP contribution in [0.1, 0.15) is 31.7 Å². The molecule has 0 spiro atoms. The molecule has 0 amide bonds. The number of pyridine rings is 2. The van der Waals surface area contributed by atoms with E-state index in [4.69, 9.17) is 10.1 Å². The Morgan fingerprint density at radius 2 is 1.97 bits per heavy atom. The number of carboxylic acid groups (broad SMARTS) is 1. The van der Waals surface area contributed by atoms with Gasteiger partial charge in [0.25, 0.3) is 0 Å². The molecule has 4 heterocycles. The maximum atomic E-state index is 10.9. The third kappa shape index (κ3) is 6.54. The molecular weight excluding hydrogens is 469 g/mol. The Kier molecular flexibility index (Phi) is 9.68. The van der Waals surface area contributed by atoms with Crippen LogP contribution in [-0.2, 0) is 11.2 Å². The molecule has 1 saturated heterocycles. The smallest absolute Gasteiger partial charge is 0.303 e. The van der Waals surface area contributed by atoms with Crippen molar-refractivity contribution in [3.05, 3.63) is 48.3 Å². The summed E-state index contributed by atoms with van der Waals surface area (Å²) in [7, 11) is 0. The zero-order valence-corrected chi connectivity index (χ0v) is 20.2. The number of aromatic nitrogens is 3. The summed E-state index contributed by atoms with van der Waals surface area (Å²) in [6, 6.07) is 9.94. The molecule has 7 nitrogen and oxygen atoms in total. The van der Waals surface area contributed by atoms with E-state index in [1.807, 2.05) is 36.5 Å². The predicted octanol–water partition coefficient (Wildman–Crippen LogP) is 5.44. The second kappa shape index (κ2) is 12.0. The van der Waals surface area contributed by atoms with Gasteiger partial charge in [-0.05, 0) is 55.0 Å². The normalized spacial score (nSPS) is 13.7. The fourth-order valence-electron chi connectivity index (χ4n) is 3.64. The van der Waals surface area contributed by atoms with Crippen molar-refractivity contribution in [2.45, 2.75) is 32.6 Å². The highest BCUT2D eigenvalue weighted by molar-refractivity contribution is 7.18. The molecule has 32 heavy (non-hydrogen) atoms. The molecular formula is C22H27Cl2N5O2S. The fraction of sp³-hybridized carbons (Fsp3) is 0.364. The van der Waals surface area contributed by atoms with Crippen LogP contribution in [0.5, 0.6) is 0 Å². The summed E-state index contributed by atoms with van der Waals surface area (Å²) in [5, 5.41) is 13.2. The Balaban J connectivity index is 0.00000181. The first kappa shape index (κ1) is 25.8. The topological polar surface area (TPSA) is 91.2 Å². The van der Waals surface area contributed by atoms with Gasteiger partial charge in [0.05, 0.1) is 10.6 Å². The first-order valence-electron chi connectivity index (χ1n) is 10.2. The minimum Gasteiger partial charge on any atom is -0.481 e. The molecule has 3 aromatic rings. The highest BCUT2D eigenvalue weighted by Crippen LogP contribution is 2.33. The monoisotopic (exact) mass is 495 g/mol. The van der Waals surface area contributed by atoms with Crippen LogP contribution >= 0.6 is 36.2 Å². The van der Waals surface area contributed by atoms with Gasteiger partial charge in [-0.25, -0.2) is 15.0 Å². The van der Waals surface area contributed by atoms with Crippen molar-refractivity contribution in [3.8, 4) is 10.6 Å². The number of aryl methyl sites for hydroxylation is 1. The van der Waals surface area contributed by atoms with E-state index in [1.54, 1.807) is 17.5 Å². The molecule has 0 bridgehead atoms. The third-order valence-corrected chi connectivity index (χ3v) is 6.41. The van der Waals surface area contributed by atoms with E-state index < -0.39 is 5.97 Å². The highest BCUT2D eigenvalue weighted by atomic mass is 35.5. The van der Waals surface area contributed by atoms with E-state index in [0.717, 1.165) is 59.7 Å². The molecule has 4 rings (SSSR count). The number of carboxylic acids is 1. The summed E-state index contributed by atoms with van der Waals surface area (Å²) in [5.74, 6) is 1.09. The predicted molar refractivity (Wildman–Crippen MR) is 134 cm³/mol. The van der Waals surface area contributed by atoms with E-state index in [1.165, 1.54) is 5.56 Å². The maximum absolute atomic E-state index is 10.9. The summed E-state index contributed by atoms with van der Waals surface area (Å²) >= 11 is 1.62. The van der Waals surface area contributed by atoms with Crippen LogP contribution in [0.25, 0.3) is 10.6 Å². The average molecular weight is 496 g/mol. The number of aliphatic carboxylic acids is 1. The van der Waals surface area contributed by atoms with Crippen molar-refractivity contribution >= 4 is 58.9 Å². The van der Waals surface area contributed by atoms with E-state index >= 15 is 0 Å². The van der Waals surface area contributed by atoms with E-state index in [-0.39, 0.29) is 37.2 Å². The second-order valence-electron chi connectivity index (χ2n) is 7.47. The lowest BCUT2D eigenvalue weighted by Crippen LogP contribution is -2.34. The van der Waals surface area contributed by atoms with Gasteiger partial charge in [0.15, 0.2) is 5.13 Å². The van der Waals surface area contributed by atoms with Crippen molar-refractivity contribution in [3.63, 3.8) is 0 Å². The summed E-state index contributed by atoms with van der Waals surface area (Å²) in [6.45, 7) is 3.81. The van der Waals surface area contributed by atoms with Crippen molar-refractivity contribution in [1.82, 2.24) is 15.0 Å². The summed E-state index contributed by atoms with van der Waals surface area (Å²) in [5.41, 5.74) is 2.10. The van der Waals surface area contributed by atoms with Crippen LogP contribution in [0.2, 0.25) is 0 Å². The van der Waals surface area contributed by atoms with Crippen LogP contribution in [0.3, 0.4) is 0 Å². The number of nitrogens with one attached hydrogen (secondary N) is 1. The van der Waals surface area contributed by atoms with Gasteiger partial charge in [0.2, 0.25) is 0 Å². The molecule has 1 fully saturated rings. The molecule has 1 aliphatic rings. The molecule has 0 aliphatic carbocycles. The van der Waals surface area contributed by atoms with E-state index in [0.29, 0.717) is 0 Å². The zero-order valence-electron chi connectivity index (χ0n) is 17.7. The molecule has 0 saturated carbocycles. The SMILES string of the molecule is CCc1ccnc(Nc2cccc(-c3cnc(N4CCC(CC(=O)O)CC4)s3)n2)c1.Cl.Cl. The molecule has 0 atom stereocenters. The van der Waals surface area contributed by atoms with Gasteiger partial charge in [-0.2, -0.15) is 0 Å². The van der Waals surface area contributed by atoms with Gasteiger partial charge < -0.3 is 15.3 Å². The average Bonchev–Trinajstić information content (AvgIpc) is 3.24. The van der Waals surface area contributed by atoms with E-state index in [2.05, 4.69) is 27.1 Å². The number of piperidine rings is 1. The van der Waals surface area contributed by atoms with Crippen molar-refractivity contribution in [2.75, 3.05) is 23.3 Å². The van der Waals surface area contributed by atoms with Gasteiger partial charge in [-0.15, -0.1) is 24.8 Å². The number of nitrogens with zero attached hydrogens (tertiary/aromatic N) is 4. The lowest BCUT2D eigenvalue weighted by Gasteiger charge is -2.30. The highest BCUT2D eigenvalue weighted by Gasteiger charge is 2.23. The van der Waals surface area contributed by atoms with Crippen LogP contribution < -0.4 is 10.2 Å². The molecule has 10 heteroatoms. The lowest BCUT2D eigenvalue weighted by molar-refractivity contribution is -0.138. The number of thiazole rings is 1. The number of hydrogen-bond donors (Lipinski definition) is 2.